The summed E-state index contributed by atoms with van der Waals surface area (Å²) in [4.78, 5) is 71.8. The minimum absolute atomic E-state index is 0. The van der Waals surface area contributed by atoms with Crippen LogP contribution in [0.5, 0.6) is 0 Å². The maximum atomic E-state index is 14.4. The smallest absolute Gasteiger partial charge is 0.329 e. The average Bonchev–Trinajstić information content (AvgIpc) is 3.28. The Balaban J connectivity index is -0.00000330. The second-order valence-corrected chi connectivity index (χ2v) is 19.6. The quantitative estimate of drug-likeness (QED) is 0.129. The van der Waals surface area contributed by atoms with Crippen LogP contribution >= 0.6 is 0 Å². The highest BCUT2D eigenvalue weighted by Gasteiger charge is 2.53. The van der Waals surface area contributed by atoms with Crippen LogP contribution in [0.25, 0.3) is 0 Å². The lowest BCUT2D eigenvalue weighted by atomic mass is 9.78. The summed E-state index contributed by atoms with van der Waals surface area (Å²) in [6, 6.07) is -1.14. The van der Waals surface area contributed by atoms with Crippen molar-refractivity contribution in [2.75, 3.05) is 27.9 Å². The van der Waals surface area contributed by atoms with E-state index >= 15 is 0 Å². The van der Waals surface area contributed by atoms with Crippen molar-refractivity contribution in [3.8, 4) is 0 Å². The number of piperidine rings is 1. The summed E-state index contributed by atoms with van der Waals surface area (Å²) in [6.07, 6.45) is 11.2. The number of allylic oxidation sites excluding steroid dienone is 6. The van der Waals surface area contributed by atoms with E-state index in [4.69, 9.17) is 23.7 Å². The van der Waals surface area contributed by atoms with Crippen molar-refractivity contribution < 1.29 is 63.0 Å². The van der Waals surface area contributed by atoms with Crippen LogP contribution in [0, 0.1) is 35.5 Å². The van der Waals surface area contributed by atoms with E-state index in [0.29, 0.717) is 63.4 Å². The van der Waals surface area contributed by atoms with Gasteiger partial charge in [0.05, 0.1) is 24.4 Å². The number of Topliss-reactive ketones (excluding diaryl/α,β-unsaturated/α-hetero) is 3. The van der Waals surface area contributed by atoms with Crippen molar-refractivity contribution in [1.82, 2.24) is 4.90 Å². The van der Waals surface area contributed by atoms with Gasteiger partial charge in [0.25, 0.3) is 11.7 Å². The SMILES string of the molecule is C.C.C.C.C.C.C.COC1CC2CCC(C)C(O)(O2)C(=O)C(=O)N2CCCCC2C(=O)OC(C(C)CC2CCC(O)C(OC)C2)CC(=O)C(C)/C=C(\C)C(O)C(OC)C(=O)C(C)CC(C)/C=C/C=CC=C1C. The van der Waals surface area contributed by atoms with Crippen molar-refractivity contribution in [2.24, 2.45) is 35.5 Å². The zero-order valence-electron chi connectivity index (χ0n) is 40.6. The number of ketones is 3. The maximum Gasteiger partial charge on any atom is 0.329 e. The van der Waals surface area contributed by atoms with Gasteiger partial charge in [-0.15, -0.1) is 0 Å². The maximum absolute atomic E-state index is 14.4. The summed E-state index contributed by atoms with van der Waals surface area (Å²) in [5, 5.41) is 33.8. The number of rotatable bonds is 6. The Morgan fingerprint density at radius 1 is 0.778 bits per heavy atom. The molecule has 0 radical (unpaired) electrons. The molecule has 3 fully saturated rings. The Bertz CT molecular complexity index is 1760. The van der Waals surface area contributed by atoms with Crippen LogP contribution in [0.4, 0.5) is 0 Å². The fourth-order valence-electron chi connectivity index (χ4n) is 10.1. The molecule has 3 heterocycles. The molecule has 4 aliphatic rings. The van der Waals surface area contributed by atoms with Gasteiger partial charge in [0.2, 0.25) is 5.79 Å². The molecule has 72 heavy (non-hydrogen) atoms. The third kappa shape index (κ3) is 19.7. The van der Waals surface area contributed by atoms with Crippen LogP contribution in [0.1, 0.15) is 178 Å². The van der Waals surface area contributed by atoms with Gasteiger partial charge in [-0.05, 0) is 107 Å². The number of amides is 1. The zero-order valence-corrected chi connectivity index (χ0v) is 40.6. The van der Waals surface area contributed by atoms with Crippen molar-refractivity contribution in [1.29, 1.82) is 0 Å². The average molecular weight is 1030 g/mol. The van der Waals surface area contributed by atoms with E-state index in [1.54, 1.807) is 41.1 Å². The first-order valence-electron chi connectivity index (χ1n) is 23.9. The molecule has 1 saturated carbocycles. The lowest BCUT2D eigenvalue weighted by Gasteiger charge is -2.42. The molecule has 15 atom stereocenters. The third-order valence-electron chi connectivity index (χ3n) is 14.5. The molecule has 0 aromatic carbocycles. The minimum atomic E-state index is -2.43. The fourth-order valence-corrected chi connectivity index (χ4v) is 10.1. The number of esters is 1. The highest BCUT2D eigenvalue weighted by molar-refractivity contribution is 6.39. The van der Waals surface area contributed by atoms with Crippen LogP contribution in [0.15, 0.2) is 47.6 Å². The number of methoxy groups -OCH3 is 3. The van der Waals surface area contributed by atoms with Crippen LogP contribution < -0.4 is 0 Å². The Hall–Kier alpha value is -3.37. The molecule has 2 saturated heterocycles. The van der Waals surface area contributed by atoms with E-state index in [1.807, 2.05) is 58.1 Å². The van der Waals surface area contributed by atoms with Gasteiger partial charge in [0.1, 0.15) is 30.1 Å². The number of aliphatic hydroxyl groups is 3. The van der Waals surface area contributed by atoms with Gasteiger partial charge in [-0.25, -0.2) is 4.79 Å². The number of hydrogen-bond donors (Lipinski definition) is 3. The first-order valence-corrected chi connectivity index (χ1v) is 23.9. The molecular formula is C58H107NO13. The van der Waals surface area contributed by atoms with Crippen LogP contribution in [0.3, 0.4) is 0 Å². The summed E-state index contributed by atoms with van der Waals surface area (Å²) in [6.45, 7) is 12.7. The van der Waals surface area contributed by atoms with E-state index < -0.39 is 83.9 Å². The van der Waals surface area contributed by atoms with E-state index in [0.717, 1.165) is 12.0 Å². The van der Waals surface area contributed by atoms with Crippen molar-refractivity contribution in [3.05, 3.63) is 47.6 Å². The van der Waals surface area contributed by atoms with Crippen molar-refractivity contribution in [3.63, 3.8) is 0 Å². The van der Waals surface area contributed by atoms with Gasteiger partial charge in [0, 0.05) is 58.5 Å². The highest BCUT2D eigenvalue weighted by atomic mass is 16.6. The predicted molar refractivity (Wildman–Crippen MR) is 292 cm³/mol. The normalized spacial score (nSPS) is 35.3. The molecule has 14 heteroatoms. The van der Waals surface area contributed by atoms with E-state index in [1.165, 1.54) is 12.0 Å². The summed E-state index contributed by atoms with van der Waals surface area (Å²) < 4.78 is 29.4. The summed E-state index contributed by atoms with van der Waals surface area (Å²) >= 11 is 0. The van der Waals surface area contributed by atoms with E-state index in [9.17, 15) is 39.3 Å². The standard InChI is InChI=1S/C51H79NO13.7CH4/c1-30-16-12-11-13-17-31(2)42(61-8)28-38-21-19-36(7)51(60,65-38)48(57)49(58)52-23-15-14-18-39(52)50(59)64-43(33(4)26-37-20-22-40(53)44(27-37)62-9)29-41(54)32(3)25-35(6)46(56)47(63-10)45(55)34(5)24-30;;;;;;;/h11-13,16-17,25,30,32-34,36-40,42-44,46-47,53,56,60H,14-15,18-24,26-29H2,1-10H3;7*1H4/b13-11?,16-12+,31-17?,35-25+;;;;;;;. The number of hydrogen-bond acceptors (Lipinski definition) is 13. The van der Waals surface area contributed by atoms with Crippen LogP contribution in [0.2, 0.25) is 0 Å². The van der Waals surface area contributed by atoms with Gasteiger partial charge in [-0.3, -0.25) is 19.2 Å². The Morgan fingerprint density at radius 2 is 1.43 bits per heavy atom. The first kappa shape index (κ1) is 75.1. The number of cyclic esters (lactones) is 1. The van der Waals surface area contributed by atoms with E-state index in [2.05, 4.69) is 0 Å². The lowest BCUT2D eigenvalue weighted by Crippen LogP contribution is -2.61. The molecule has 0 aromatic heterocycles. The third-order valence-corrected chi connectivity index (χ3v) is 14.5. The van der Waals surface area contributed by atoms with Gasteiger partial charge in [0.15, 0.2) is 5.78 Å². The molecule has 15 unspecified atom stereocenters. The lowest BCUT2D eigenvalue weighted by molar-refractivity contribution is -0.265. The molecule has 3 N–H and O–H groups in total. The van der Waals surface area contributed by atoms with Gasteiger partial charge >= 0.3 is 5.97 Å². The van der Waals surface area contributed by atoms with Gasteiger partial charge in [-0.2, -0.15) is 0 Å². The van der Waals surface area contributed by atoms with Crippen molar-refractivity contribution in [2.45, 2.75) is 232 Å². The molecule has 1 aliphatic carbocycles. The number of fused-ring (bicyclic) bond motifs is 3. The van der Waals surface area contributed by atoms with E-state index in [-0.39, 0.29) is 107 Å². The van der Waals surface area contributed by atoms with Crippen LogP contribution in [-0.4, -0.2) is 132 Å². The second-order valence-electron chi connectivity index (χ2n) is 19.6. The number of aliphatic hydroxyl groups excluding tert-OH is 2. The fraction of sp³-hybridized carbons (Fsp3) is 0.776. The number of ether oxygens (including phenoxy) is 5. The molecular weight excluding hydrogens is 919 g/mol. The molecule has 0 aromatic rings. The number of nitrogens with zero attached hydrogens (tertiary/aromatic N) is 1. The minimum Gasteiger partial charge on any atom is -0.460 e. The zero-order chi connectivity index (χ0) is 48.2. The van der Waals surface area contributed by atoms with Crippen LogP contribution in [-0.2, 0) is 47.7 Å². The molecule has 1 amide bonds. The molecule has 0 spiro atoms. The van der Waals surface area contributed by atoms with Gasteiger partial charge < -0.3 is 43.9 Å². The first-order chi connectivity index (χ1) is 30.7. The Kier molecular flexibility index (Phi) is 36.5. The second kappa shape index (κ2) is 35.0. The number of carbonyl (C=O) groups is 5. The molecule has 422 valence electrons. The predicted octanol–water partition coefficient (Wildman–Crippen LogP) is 10.6. The monoisotopic (exact) mass is 1030 g/mol. The molecule has 3 aliphatic heterocycles. The topological polar surface area (TPSA) is 195 Å². The largest absolute Gasteiger partial charge is 0.460 e. The van der Waals surface area contributed by atoms with Crippen molar-refractivity contribution >= 4 is 29.2 Å². The summed E-state index contributed by atoms with van der Waals surface area (Å²) in [5.41, 5.74) is 1.27. The summed E-state index contributed by atoms with van der Waals surface area (Å²) in [5.74, 6) is -7.96. The highest BCUT2D eigenvalue weighted by Crippen LogP contribution is 2.38. The molecule has 2 bridgehead atoms. The summed E-state index contributed by atoms with van der Waals surface area (Å²) in [7, 11) is 4.52. The molecule has 14 nitrogen and oxygen atoms in total. The number of carbonyl (C=O) groups excluding carboxylic acids is 5. The van der Waals surface area contributed by atoms with Gasteiger partial charge in [-0.1, -0.05) is 123 Å². The Morgan fingerprint density at radius 3 is 2.04 bits per heavy atom. The Labute approximate surface area is 438 Å². The molecule has 4 rings (SSSR count).